The summed E-state index contributed by atoms with van der Waals surface area (Å²) in [6, 6.07) is 7.25. The predicted octanol–water partition coefficient (Wildman–Crippen LogP) is 2.35. The molecule has 1 atom stereocenters. The van der Waals surface area contributed by atoms with Gasteiger partial charge in [-0.15, -0.1) is 0 Å². The molecule has 1 aromatic rings. The lowest BCUT2D eigenvalue weighted by Gasteiger charge is -2.21. The molecule has 0 saturated heterocycles. The fraction of sp³-hybridized carbons (Fsp3) is 0.533. The van der Waals surface area contributed by atoms with Crippen molar-refractivity contribution in [3.63, 3.8) is 0 Å². The molecular weight excluding hydrogens is 240 g/mol. The average molecular weight is 264 g/mol. The fourth-order valence-corrected chi connectivity index (χ4v) is 1.79. The van der Waals surface area contributed by atoms with Crippen molar-refractivity contribution >= 4 is 5.91 Å². The van der Waals surface area contributed by atoms with Gasteiger partial charge in [0.2, 0.25) is 5.91 Å². The fourth-order valence-electron chi connectivity index (χ4n) is 1.79. The van der Waals surface area contributed by atoms with E-state index >= 15 is 0 Å². The lowest BCUT2D eigenvalue weighted by molar-refractivity contribution is -0.122. The van der Waals surface area contributed by atoms with Crippen LogP contribution in [-0.4, -0.2) is 23.1 Å². The Morgan fingerprint density at radius 2 is 2.05 bits per heavy atom. The Balaban J connectivity index is 2.35. The number of phenols is 1. The summed E-state index contributed by atoms with van der Waals surface area (Å²) in [5.74, 6) is 0.305. The number of rotatable bonds is 5. The zero-order chi connectivity index (χ0) is 14.5. The van der Waals surface area contributed by atoms with Gasteiger partial charge < -0.3 is 15.7 Å². The van der Waals surface area contributed by atoms with Crippen LogP contribution < -0.4 is 10.6 Å². The molecule has 0 heterocycles. The molecule has 0 radical (unpaired) electrons. The third kappa shape index (κ3) is 6.25. The van der Waals surface area contributed by atoms with Gasteiger partial charge in [0.1, 0.15) is 5.75 Å². The minimum atomic E-state index is -0.187. The molecule has 0 saturated carbocycles. The van der Waals surface area contributed by atoms with E-state index in [1.54, 1.807) is 12.1 Å². The van der Waals surface area contributed by atoms with Gasteiger partial charge in [0.15, 0.2) is 0 Å². The maximum Gasteiger partial charge on any atom is 0.221 e. The first-order chi connectivity index (χ1) is 8.78. The molecule has 0 aliphatic carbocycles. The molecule has 1 unspecified atom stereocenters. The quantitative estimate of drug-likeness (QED) is 0.765. The topological polar surface area (TPSA) is 61.4 Å². The molecule has 3 N–H and O–H groups in total. The van der Waals surface area contributed by atoms with E-state index in [4.69, 9.17) is 0 Å². The van der Waals surface area contributed by atoms with Gasteiger partial charge in [-0.25, -0.2) is 0 Å². The van der Waals surface area contributed by atoms with E-state index in [1.165, 1.54) is 0 Å². The first kappa shape index (κ1) is 15.5. The van der Waals surface area contributed by atoms with Crippen molar-refractivity contribution in [1.82, 2.24) is 10.6 Å². The molecule has 1 rings (SSSR count). The molecule has 4 heteroatoms. The SMILES string of the molecule is CC(NCCC(=O)NC(C)(C)C)c1cccc(O)c1. The Morgan fingerprint density at radius 1 is 1.37 bits per heavy atom. The zero-order valence-electron chi connectivity index (χ0n) is 12.2. The van der Waals surface area contributed by atoms with Crippen molar-refractivity contribution in [1.29, 1.82) is 0 Å². The van der Waals surface area contributed by atoms with E-state index in [9.17, 15) is 9.90 Å². The highest BCUT2D eigenvalue weighted by Crippen LogP contribution is 2.17. The molecule has 1 amide bonds. The third-order valence-corrected chi connectivity index (χ3v) is 2.69. The number of carbonyl (C=O) groups excluding carboxylic acids is 1. The van der Waals surface area contributed by atoms with Crippen LogP contribution in [0.2, 0.25) is 0 Å². The number of carbonyl (C=O) groups is 1. The molecule has 0 aliphatic rings. The summed E-state index contributed by atoms with van der Waals surface area (Å²) in [5.41, 5.74) is 0.824. The van der Waals surface area contributed by atoms with Gasteiger partial charge in [-0.05, 0) is 45.4 Å². The highest BCUT2D eigenvalue weighted by Gasteiger charge is 2.13. The summed E-state index contributed by atoms with van der Waals surface area (Å²) in [7, 11) is 0. The highest BCUT2D eigenvalue weighted by molar-refractivity contribution is 5.76. The monoisotopic (exact) mass is 264 g/mol. The summed E-state index contributed by atoms with van der Waals surface area (Å²) in [6.07, 6.45) is 0.445. The minimum Gasteiger partial charge on any atom is -0.508 e. The van der Waals surface area contributed by atoms with Crippen LogP contribution >= 0.6 is 0 Å². The van der Waals surface area contributed by atoms with E-state index in [1.807, 2.05) is 39.8 Å². The Bertz CT molecular complexity index is 424. The van der Waals surface area contributed by atoms with Crippen molar-refractivity contribution in [3.8, 4) is 5.75 Å². The second-order valence-corrected chi connectivity index (χ2v) is 5.82. The molecule has 0 aliphatic heterocycles. The van der Waals surface area contributed by atoms with Crippen molar-refractivity contribution in [2.75, 3.05) is 6.54 Å². The van der Waals surface area contributed by atoms with E-state index in [0.29, 0.717) is 13.0 Å². The second kappa shape index (κ2) is 6.57. The Hall–Kier alpha value is -1.55. The van der Waals surface area contributed by atoms with Crippen LogP contribution in [0.25, 0.3) is 0 Å². The Labute approximate surface area is 115 Å². The molecule has 106 valence electrons. The van der Waals surface area contributed by atoms with Gasteiger partial charge in [0, 0.05) is 24.5 Å². The van der Waals surface area contributed by atoms with E-state index in [-0.39, 0.29) is 23.2 Å². The largest absolute Gasteiger partial charge is 0.508 e. The van der Waals surface area contributed by atoms with Crippen LogP contribution in [-0.2, 0) is 4.79 Å². The van der Waals surface area contributed by atoms with Crippen LogP contribution in [0.15, 0.2) is 24.3 Å². The lowest BCUT2D eigenvalue weighted by Crippen LogP contribution is -2.41. The van der Waals surface area contributed by atoms with E-state index < -0.39 is 0 Å². The van der Waals surface area contributed by atoms with Gasteiger partial charge in [-0.3, -0.25) is 4.79 Å². The van der Waals surface area contributed by atoms with Gasteiger partial charge >= 0.3 is 0 Å². The molecule has 1 aromatic carbocycles. The van der Waals surface area contributed by atoms with Crippen LogP contribution in [0.1, 0.15) is 45.7 Å². The Kier molecular flexibility index (Phi) is 5.36. The summed E-state index contributed by atoms with van der Waals surface area (Å²) in [5, 5.41) is 15.6. The molecular formula is C15H24N2O2. The molecule has 0 aromatic heterocycles. The van der Waals surface area contributed by atoms with Crippen LogP contribution in [0.3, 0.4) is 0 Å². The molecule has 19 heavy (non-hydrogen) atoms. The van der Waals surface area contributed by atoms with Crippen molar-refractivity contribution in [3.05, 3.63) is 29.8 Å². The lowest BCUT2D eigenvalue weighted by atomic mass is 10.1. The van der Waals surface area contributed by atoms with Crippen LogP contribution in [0, 0.1) is 0 Å². The van der Waals surface area contributed by atoms with Gasteiger partial charge in [-0.1, -0.05) is 12.1 Å². The van der Waals surface area contributed by atoms with E-state index in [0.717, 1.165) is 5.56 Å². The number of hydrogen-bond donors (Lipinski definition) is 3. The summed E-state index contributed by atoms with van der Waals surface area (Å²) in [6.45, 7) is 8.52. The smallest absolute Gasteiger partial charge is 0.221 e. The first-order valence-corrected chi connectivity index (χ1v) is 6.61. The summed E-state index contributed by atoms with van der Waals surface area (Å²) in [4.78, 5) is 11.6. The second-order valence-electron chi connectivity index (χ2n) is 5.82. The number of aromatic hydroxyl groups is 1. The van der Waals surface area contributed by atoms with Crippen molar-refractivity contribution in [2.45, 2.75) is 45.7 Å². The minimum absolute atomic E-state index is 0.0445. The van der Waals surface area contributed by atoms with Crippen molar-refractivity contribution in [2.24, 2.45) is 0 Å². The first-order valence-electron chi connectivity index (χ1n) is 6.61. The standard InChI is InChI=1S/C15H24N2O2/c1-11(12-6-5-7-13(18)10-12)16-9-8-14(19)17-15(2,3)4/h5-7,10-11,16,18H,8-9H2,1-4H3,(H,17,19). The normalized spacial score (nSPS) is 13.1. The number of phenolic OH excluding ortho intramolecular Hbond substituents is 1. The number of nitrogens with one attached hydrogen (secondary N) is 2. The van der Waals surface area contributed by atoms with Crippen LogP contribution in [0.5, 0.6) is 5.75 Å². The van der Waals surface area contributed by atoms with Gasteiger partial charge in [-0.2, -0.15) is 0 Å². The molecule has 0 spiro atoms. The van der Waals surface area contributed by atoms with E-state index in [2.05, 4.69) is 10.6 Å². The average Bonchev–Trinajstić information content (AvgIpc) is 2.26. The molecule has 4 nitrogen and oxygen atoms in total. The third-order valence-electron chi connectivity index (χ3n) is 2.69. The maximum absolute atomic E-state index is 11.6. The van der Waals surface area contributed by atoms with Gasteiger partial charge in [0.05, 0.1) is 0 Å². The highest BCUT2D eigenvalue weighted by atomic mass is 16.3. The number of benzene rings is 1. The van der Waals surface area contributed by atoms with Crippen molar-refractivity contribution < 1.29 is 9.90 Å². The Morgan fingerprint density at radius 3 is 2.63 bits per heavy atom. The molecule has 0 fully saturated rings. The summed E-state index contributed by atoms with van der Waals surface area (Å²) < 4.78 is 0. The maximum atomic E-state index is 11.6. The number of hydrogen-bond acceptors (Lipinski definition) is 3. The molecule has 0 bridgehead atoms. The van der Waals surface area contributed by atoms with Crippen LogP contribution in [0.4, 0.5) is 0 Å². The zero-order valence-corrected chi connectivity index (χ0v) is 12.2. The summed E-state index contributed by atoms with van der Waals surface area (Å²) >= 11 is 0. The van der Waals surface area contributed by atoms with Gasteiger partial charge in [0.25, 0.3) is 0 Å². The predicted molar refractivity (Wildman–Crippen MR) is 77.0 cm³/mol. The number of amides is 1.